The number of carboxylic acid groups (broad SMARTS) is 1. The van der Waals surface area contributed by atoms with Crippen molar-refractivity contribution in [2.75, 3.05) is 33.2 Å². The molecular formula is C15H18BrN3O2. The van der Waals surface area contributed by atoms with Crippen LogP contribution in [0.2, 0.25) is 0 Å². The largest absolute Gasteiger partial charge is 0.480 e. The number of H-pyrrole nitrogens is 1. The first-order chi connectivity index (χ1) is 10.1. The van der Waals surface area contributed by atoms with Gasteiger partial charge in [0.05, 0.1) is 0 Å². The van der Waals surface area contributed by atoms with Gasteiger partial charge in [-0.1, -0.05) is 22.0 Å². The van der Waals surface area contributed by atoms with Crippen molar-refractivity contribution in [3.63, 3.8) is 0 Å². The molecule has 1 aliphatic heterocycles. The fourth-order valence-electron chi connectivity index (χ4n) is 2.91. The minimum absolute atomic E-state index is 0.589. The van der Waals surface area contributed by atoms with E-state index < -0.39 is 12.0 Å². The van der Waals surface area contributed by atoms with Crippen molar-refractivity contribution in [3.05, 3.63) is 34.4 Å². The van der Waals surface area contributed by atoms with Crippen molar-refractivity contribution in [2.24, 2.45) is 0 Å². The number of rotatable bonds is 3. The molecule has 1 atom stereocenters. The summed E-state index contributed by atoms with van der Waals surface area (Å²) in [6, 6.07) is 5.30. The molecule has 0 radical (unpaired) electrons. The van der Waals surface area contributed by atoms with E-state index in [2.05, 4.69) is 32.9 Å². The Labute approximate surface area is 131 Å². The molecule has 2 aromatic rings. The van der Waals surface area contributed by atoms with Crippen LogP contribution in [0.5, 0.6) is 0 Å². The van der Waals surface area contributed by atoms with E-state index in [-0.39, 0.29) is 0 Å². The molecule has 1 fully saturated rings. The second-order valence-electron chi connectivity index (χ2n) is 5.51. The highest BCUT2D eigenvalue weighted by Gasteiger charge is 2.31. The molecule has 0 bridgehead atoms. The van der Waals surface area contributed by atoms with Crippen molar-refractivity contribution in [1.29, 1.82) is 0 Å². The number of halogens is 1. The van der Waals surface area contributed by atoms with E-state index >= 15 is 0 Å². The summed E-state index contributed by atoms with van der Waals surface area (Å²) >= 11 is 3.44. The van der Waals surface area contributed by atoms with Gasteiger partial charge in [-0.15, -0.1) is 0 Å². The smallest absolute Gasteiger partial charge is 0.325 e. The molecule has 1 aromatic heterocycles. The van der Waals surface area contributed by atoms with Crippen LogP contribution >= 0.6 is 15.9 Å². The lowest BCUT2D eigenvalue weighted by molar-refractivity contribution is -0.144. The Morgan fingerprint density at radius 2 is 2.05 bits per heavy atom. The summed E-state index contributed by atoms with van der Waals surface area (Å²) in [4.78, 5) is 19.3. The first-order valence-corrected chi connectivity index (χ1v) is 7.77. The molecule has 1 saturated heterocycles. The molecule has 5 nitrogen and oxygen atoms in total. The Bertz CT molecular complexity index is 662. The van der Waals surface area contributed by atoms with E-state index in [1.54, 1.807) is 0 Å². The Morgan fingerprint density at radius 3 is 2.71 bits per heavy atom. The summed E-state index contributed by atoms with van der Waals surface area (Å²) < 4.78 is 0.981. The number of carboxylic acids is 1. The standard InChI is InChI=1S/C15H18BrN3O2/c1-18-4-6-19(7-5-18)14(15(20)21)12-9-17-13-8-10(16)2-3-11(12)13/h2-3,8-9,14,17H,4-7H2,1H3,(H,20,21). The van der Waals surface area contributed by atoms with Gasteiger partial charge in [-0.05, 0) is 19.2 Å². The number of carbonyl (C=O) groups is 1. The summed E-state index contributed by atoms with van der Waals surface area (Å²) in [7, 11) is 2.07. The number of fused-ring (bicyclic) bond motifs is 1. The predicted molar refractivity (Wildman–Crippen MR) is 85.4 cm³/mol. The molecule has 1 aliphatic rings. The third-order valence-corrected chi connectivity index (χ3v) is 4.60. The zero-order valence-electron chi connectivity index (χ0n) is 11.8. The van der Waals surface area contributed by atoms with E-state index in [0.717, 1.165) is 47.1 Å². The lowest BCUT2D eigenvalue weighted by Gasteiger charge is -2.36. The molecule has 2 N–H and O–H groups in total. The van der Waals surface area contributed by atoms with E-state index in [4.69, 9.17) is 0 Å². The van der Waals surface area contributed by atoms with Gasteiger partial charge in [-0.25, -0.2) is 0 Å². The minimum atomic E-state index is -0.789. The van der Waals surface area contributed by atoms with E-state index in [0.29, 0.717) is 0 Å². The number of nitrogens with one attached hydrogen (secondary N) is 1. The normalized spacial score (nSPS) is 19.0. The maximum absolute atomic E-state index is 11.8. The quantitative estimate of drug-likeness (QED) is 0.890. The number of aromatic nitrogens is 1. The summed E-state index contributed by atoms with van der Waals surface area (Å²) in [5, 5.41) is 10.7. The molecule has 1 unspecified atom stereocenters. The molecule has 112 valence electrons. The zero-order valence-corrected chi connectivity index (χ0v) is 13.4. The van der Waals surface area contributed by atoms with Crippen LogP contribution in [-0.4, -0.2) is 59.1 Å². The third kappa shape index (κ3) is 2.84. The first kappa shape index (κ1) is 14.6. The van der Waals surface area contributed by atoms with Crippen LogP contribution in [0.3, 0.4) is 0 Å². The fraction of sp³-hybridized carbons (Fsp3) is 0.400. The van der Waals surface area contributed by atoms with Crippen LogP contribution in [0.1, 0.15) is 11.6 Å². The van der Waals surface area contributed by atoms with Gasteiger partial charge < -0.3 is 15.0 Å². The van der Waals surface area contributed by atoms with Crippen molar-refractivity contribution in [1.82, 2.24) is 14.8 Å². The number of aliphatic carboxylic acids is 1. The van der Waals surface area contributed by atoms with Crippen molar-refractivity contribution in [2.45, 2.75) is 6.04 Å². The van der Waals surface area contributed by atoms with Crippen LogP contribution in [0.25, 0.3) is 10.9 Å². The second kappa shape index (κ2) is 5.79. The Morgan fingerprint density at radius 1 is 1.33 bits per heavy atom. The van der Waals surface area contributed by atoms with E-state index in [9.17, 15) is 9.90 Å². The van der Waals surface area contributed by atoms with E-state index in [1.165, 1.54) is 0 Å². The second-order valence-corrected chi connectivity index (χ2v) is 6.43. The molecule has 21 heavy (non-hydrogen) atoms. The number of nitrogens with zero attached hydrogens (tertiary/aromatic N) is 2. The van der Waals surface area contributed by atoms with Gasteiger partial charge in [0.25, 0.3) is 0 Å². The van der Waals surface area contributed by atoms with Crippen LogP contribution in [0.15, 0.2) is 28.9 Å². The summed E-state index contributed by atoms with van der Waals surface area (Å²) in [6.07, 6.45) is 1.83. The summed E-state index contributed by atoms with van der Waals surface area (Å²) in [6.45, 7) is 3.35. The van der Waals surface area contributed by atoms with Crippen LogP contribution in [0, 0.1) is 0 Å². The highest BCUT2D eigenvalue weighted by molar-refractivity contribution is 9.10. The van der Waals surface area contributed by atoms with Crippen molar-refractivity contribution in [3.8, 4) is 0 Å². The molecule has 0 spiro atoms. The van der Waals surface area contributed by atoms with Gasteiger partial charge in [-0.3, -0.25) is 9.69 Å². The van der Waals surface area contributed by atoms with E-state index in [1.807, 2.05) is 29.3 Å². The molecule has 0 aliphatic carbocycles. The van der Waals surface area contributed by atoms with Crippen molar-refractivity contribution >= 4 is 32.8 Å². The number of hydrogen-bond acceptors (Lipinski definition) is 3. The van der Waals surface area contributed by atoms with Gasteiger partial charge in [-0.2, -0.15) is 0 Å². The zero-order chi connectivity index (χ0) is 15.0. The van der Waals surface area contributed by atoms with Gasteiger partial charge in [0.2, 0.25) is 0 Å². The summed E-state index contributed by atoms with van der Waals surface area (Å²) in [5.41, 5.74) is 1.80. The molecule has 3 rings (SSSR count). The number of likely N-dealkylation sites (N-methyl/N-ethyl adjacent to an activating group) is 1. The molecule has 1 aromatic carbocycles. The SMILES string of the molecule is CN1CCN(C(C(=O)O)c2c[nH]c3cc(Br)ccc23)CC1. The lowest BCUT2D eigenvalue weighted by Crippen LogP contribution is -2.47. The number of hydrogen-bond donors (Lipinski definition) is 2. The Hall–Kier alpha value is -1.37. The first-order valence-electron chi connectivity index (χ1n) is 6.98. The number of aromatic amines is 1. The topological polar surface area (TPSA) is 59.6 Å². The minimum Gasteiger partial charge on any atom is -0.480 e. The monoisotopic (exact) mass is 351 g/mol. The van der Waals surface area contributed by atoms with Gasteiger partial charge in [0.1, 0.15) is 6.04 Å². The highest BCUT2D eigenvalue weighted by atomic mass is 79.9. The van der Waals surface area contributed by atoms with Crippen LogP contribution < -0.4 is 0 Å². The molecule has 6 heteroatoms. The number of benzene rings is 1. The van der Waals surface area contributed by atoms with Gasteiger partial charge >= 0.3 is 5.97 Å². The molecule has 2 heterocycles. The van der Waals surface area contributed by atoms with Crippen molar-refractivity contribution < 1.29 is 9.90 Å². The maximum Gasteiger partial charge on any atom is 0.325 e. The lowest BCUT2D eigenvalue weighted by atomic mass is 10.0. The highest BCUT2D eigenvalue weighted by Crippen LogP contribution is 2.30. The molecule has 0 saturated carbocycles. The number of piperazine rings is 1. The maximum atomic E-state index is 11.8. The fourth-order valence-corrected chi connectivity index (χ4v) is 3.27. The Kier molecular flexibility index (Phi) is 4.01. The van der Waals surface area contributed by atoms with Gasteiger partial charge in [0, 0.05) is 53.3 Å². The van der Waals surface area contributed by atoms with Crippen LogP contribution in [0.4, 0.5) is 0 Å². The molecule has 0 amide bonds. The molecular weight excluding hydrogens is 334 g/mol. The average Bonchev–Trinajstić information content (AvgIpc) is 2.84. The van der Waals surface area contributed by atoms with Gasteiger partial charge in [0.15, 0.2) is 0 Å². The predicted octanol–water partition coefficient (Wildman–Crippen LogP) is 2.30. The average molecular weight is 352 g/mol. The third-order valence-electron chi connectivity index (χ3n) is 4.11. The Balaban J connectivity index is 1.98. The van der Waals surface area contributed by atoms with Crippen LogP contribution in [-0.2, 0) is 4.79 Å². The summed E-state index contributed by atoms with van der Waals surface area (Å²) in [5.74, 6) is -0.789.